The van der Waals surface area contributed by atoms with E-state index in [-0.39, 0.29) is 30.3 Å². The lowest BCUT2D eigenvalue weighted by atomic mass is 9.70. The number of esters is 1. The Morgan fingerprint density at radius 3 is 2.38 bits per heavy atom. The summed E-state index contributed by atoms with van der Waals surface area (Å²) in [5.74, 6) is -2.48. The Bertz CT molecular complexity index is 1690. The SMILES string of the molecule is CC[C@@H](C)[C@H]1O[C@]2(CC[C@@H]1C)C[C@@H]1C[C@@H](C/C=C(/C)[C@@H](O[C@H]3C[C@H](OC)[C@@H](O[C@H]4C[C@H](OC)[C@@H](O)[C@H](C)O4)[C@H](C)O3)[C@@H](C)/C=C\C=C3\CO[C@@H]4[C@H](O)C(CO)=C[C@@H](C(=O)O1)[C@]34O)O2. The van der Waals surface area contributed by atoms with Crippen LogP contribution in [-0.2, 0) is 52.2 Å². The third-order valence-corrected chi connectivity index (χ3v) is 15.0. The van der Waals surface area contributed by atoms with Crippen LogP contribution in [0.1, 0.15) is 99.8 Å². The zero-order chi connectivity index (χ0) is 45.4. The Labute approximate surface area is 373 Å². The van der Waals surface area contributed by atoms with Crippen molar-refractivity contribution in [2.75, 3.05) is 27.4 Å². The van der Waals surface area contributed by atoms with Gasteiger partial charge in [0, 0.05) is 52.2 Å². The number of carbonyl (C=O) groups excluding carboxylic acids is 1. The average Bonchev–Trinajstić information content (AvgIpc) is 3.60. The summed E-state index contributed by atoms with van der Waals surface area (Å²) in [6.45, 7) is 13.8. The molecule has 356 valence electrons. The molecule has 2 bridgehead atoms. The Kier molecular flexibility index (Phi) is 15.8. The summed E-state index contributed by atoms with van der Waals surface area (Å²) >= 11 is 0. The highest BCUT2D eigenvalue weighted by Gasteiger charge is 2.60. The van der Waals surface area contributed by atoms with Crippen molar-refractivity contribution in [3.05, 3.63) is 47.1 Å². The first-order valence-electron chi connectivity index (χ1n) is 23.3. The molecule has 5 saturated heterocycles. The molecule has 0 aromatic rings. The molecule has 5 fully saturated rings. The molecular formula is C48H74O15. The van der Waals surface area contributed by atoms with Gasteiger partial charge in [0.15, 0.2) is 18.4 Å². The van der Waals surface area contributed by atoms with E-state index in [1.165, 1.54) is 6.08 Å². The summed E-state index contributed by atoms with van der Waals surface area (Å²) in [6, 6.07) is 0. The number of ether oxygens (including phenoxy) is 10. The normalized spacial score (nSPS) is 48.8. The molecule has 0 aromatic carbocycles. The highest BCUT2D eigenvalue weighted by atomic mass is 16.7. The lowest BCUT2D eigenvalue weighted by molar-refractivity contribution is -0.340. The Morgan fingerprint density at radius 2 is 1.67 bits per heavy atom. The van der Waals surface area contributed by atoms with Gasteiger partial charge in [-0.2, -0.15) is 0 Å². The minimum absolute atomic E-state index is 0.0354. The summed E-state index contributed by atoms with van der Waals surface area (Å²) < 4.78 is 63.8. The molecule has 15 nitrogen and oxygen atoms in total. The van der Waals surface area contributed by atoms with Gasteiger partial charge in [-0.05, 0) is 62.2 Å². The van der Waals surface area contributed by atoms with Crippen LogP contribution < -0.4 is 0 Å². The van der Waals surface area contributed by atoms with Crippen molar-refractivity contribution in [3.63, 3.8) is 0 Å². The fourth-order valence-electron chi connectivity index (χ4n) is 11.0. The molecule has 0 amide bonds. The summed E-state index contributed by atoms with van der Waals surface area (Å²) in [5.41, 5.74) is -0.377. The number of carbonyl (C=O) groups is 1. The summed E-state index contributed by atoms with van der Waals surface area (Å²) in [5, 5.41) is 44.5. The monoisotopic (exact) mass is 891 g/mol. The number of hydrogen-bond acceptors (Lipinski definition) is 15. The van der Waals surface area contributed by atoms with Crippen molar-refractivity contribution in [2.45, 2.75) is 197 Å². The van der Waals surface area contributed by atoms with Crippen LogP contribution in [0.3, 0.4) is 0 Å². The Morgan fingerprint density at radius 1 is 0.952 bits per heavy atom. The van der Waals surface area contributed by atoms with Crippen LogP contribution in [0.5, 0.6) is 0 Å². The van der Waals surface area contributed by atoms with Crippen molar-refractivity contribution in [2.24, 2.45) is 23.7 Å². The fourth-order valence-corrected chi connectivity index (χ4v) is 11.0. The number of rotatable bonds is 9. The summed E-state index contributed by atoms with van der Waals surface area (Å²) in [6.07, 6.45) is 5.30. The summed E-state index contributed by atoms with van der Waals surface area (Å²) in [4.78, 5) is 14.4. The van der Waals surface area contributed by atoms with E-state index in [1.807, 2.05) is 32.9 Å². The number of allylic oxidation sites excluding steroid dienone is 2. The number of fused-ring (bicyclic) bond motifs is 2. The molecule has 0 aromatic heterocycles. The van der Waals surface area contributed by atoms with Gasteiger partial charge in [0.2, 0.25) is 0 Å². The molecule has 6 heterocycles. The molecule has 63 heavy (non-hydrogen) atoms. The van der Waals surface area contributed by atoms with E-state index in [2.05, 4.69) is 26.8 Å². The van der Waals surface area contributed by atoms with Crippen LogP contribution in [0.4, 0.5) is 0 Å². The molecular weight excluding hydrogens is 817 g/mol. The fraction of sp³-hybridized carbons (Fsp3) is 0.812. The van der Waals surface area contributed by atoms with Crippen LogP contribution in [0.25, 0.3) is 0 Å². The van der Waals surface area contributed by atoms with Crippen molar-refractivity contribution >= 4 is 5.97 Å². The van der Waals surface area contributed by atoms with Crippen LogP contribution >= 0.6 is 0 Å². The van der Waals surface area contributed by atoms with Gasteiger partial charge in [0.05, 0.1) is 55.9 Å². The van der Waals surface area contributed by atoms with Gasteiger partial charge in [-0.1, -0.05) is 64.5 Å². The van der Waals surface area contributed by atoms with Crippen molar-refractivity contribution in [1.29, 1.82) is 0 Å². The highest BCUT2D eigenvalue weighted by Crippen LogP contribution is 2.48. The number of methoxy groups -OCH3 is 2. The Hall–Kier alpha value is -2.09. The minimum atomic E-state index is -1.93. The van der Waals surface area contributed by atoms with Crippen molar-refractivity contribution in [1.82, 2.24) is 0 Å². The smallest absolute Gasteiger partial charge is 0.316 e. The van der Waals surface area contributed by atoms with E-state index in [4.69, 9.17) is 47.4 Å². The second-order valence-electron chi connectivity index (χ2n) is 19.3. The van der Waals surface area contributed by atoms with Crippen molar-refractivity contribution < 1.29 is 72.6 Å². The lowest BCUT2D eigenvalue weighted by Crippen LogP contribution is -2.59. The number of hydrogen-bond donors (Lipinski definition) is 4. The molecule has 20 atom stereocenters. The van der Waals surface area contributed by atoms with Crippen LogP contribution in [0.2, 0.25) is 0 Å². The van der Waals surface area contributed by atoms with Crippen LogP contribution in [0, 0.1) is 23.7 Å². The molecule has 0 saturated carbocycles. The van der Waals surface area contributed by atoms with Crippen molar-refractivity contribution in [3.8, 4) is 0 Å². The Balaban J connectivity index is 1.19. The average molecular weight is 891 g/mol. The molecule has 4 N–H and O–H groups in total. The molecule has 6 aliphatic heterocycles. The van der Waals surface area contributed by atoms with E-state index < -0.39 is 104 Å². The van der Waals surface area contributed by atoms with Gasteiger partial charge in [-0.15, -0.1) is 0 Å². The van der Waals surface area contributed by atoms with Gasteiger partial charge < -0.3 is 67.8 Å². The minimum Gasteiger partial charge on any atom is -0.462 e. The maximum atomic E-state index is 14.4. The predicted octanol–water partition coefficient (Wildman–Crippen LogP) is 4.57. The standard InChI is InChI=1S/C48H74O15/c1-10-25(2)43-28(5)16-17-47(63-43)22-34-19-33(62-47)15-14-27(4)42(60-39-21-37(55-9)44(30(7)58-39)61-38-20-36(54-8)40(50)29(6)57-38)26(3)12-11-13-32-24-56-45-41(51)31(23-49)18-35(46(52)59-34)48(32,45)53/h11-14,18,25-26,28-30,33-45,49-51,53H,10,15-17,19-24H2,1-9H3/b12-11-,27-14-,32-13-/t25-,26+,28+,29+,30+,33-,34+,35+,36+,37+,38+,39+,40+,41-,42+,43-,44+,45-,47-,48-/m1/s1. The van der Waals surface area contributed by atoms with E-state index >= 15 is 0 Å². The third-order valence-electron chi connectivity index (χ3n) is 15.0. The largest absolute Gasteiger partial charge is 0.462 e. The quantitative estimate of drug-likeness (QED) is 0.186. The van der Waals surface area contributed by atoms with Gasteiger partial charge in [-0.25, -0.2) is 0 Å². The number of aliphatic hydroxyl groups is 4. The molecule has 1 aliphatic carbocycles. The van der Waals surface area contributed by atoms with Gasteiger partial charge in [0.1, 0.15) is 42.0 Å². The van der Waals surface area contributed by atoms with Gasteiger partial charge in [-0.3, -0.25) is 4.79 Å². The van der Waals surface area contributed by atoms with Crippen LogP contribution in [0.15, 0.2) is 47.1 Å². The van der Waals surface area contributed by atoms with E-state index in [0.717, 1.165) is 18.4 Å². The lowest BCUT2D eigenvalue weighted by Gasteiger charge is -2.51. The van der Waals surface area contributed by atoms with Gasteiger partial charge in [0.25, 0.3) is 0 Å². The van der Waals surface area contributed by atoms with E-state index in [9.17, 15) is 25.2 Å². The van der Waals surface area contributed by atoms with Crippen LogP contribution in [-0.4, -0.2) is 151 Å². The molecule has 7 aliphatic rings. The first-order chi connectivity index (χ1) is 30.0. The first-order valence-corrected chi connectivity index (χ1v) is 23.3. The maximum absolute atomic E-state index is 14.4. The second kappa shape index (κ2) is 20.4. The molecule has 7 rings (SSSR count). The maximum Gasteiger partial charge on any atom is 0.316 e. The zero-order valence-corrected chi connectivity index (χ0v) is 38.6. The summed E-state index contributed by atoms with van der Waals surface area (Å²) in [7, 11) is 3.21. The topological polar surface area (TPSA) is 190 Å². The molecule has 0 unspecified atom stereocenters. The van der Waals surface area contributed by atoms with E-state index in [0.29, 0.717) is 55.9 Å². The molecule has 1 spiro atoms. The van der Waals surface area contributed by atoms with Gasteiger partial charge >= 0.3 is 5.97 Å². The van der Waals surface area contributed by atoms with E-state index in [1.54, 1.807) is 27.2 Å². The first kappa shape index (κ1) is 48.8. The zero-order valence-electron chi connectivity index (χ0n) is 38.6. The second-order valence-corrected chi connectivity index (χ2v) is 19.3. The predicted molar refractivity (Wildman–Crippen MR) is 229 cm³/mol. The highest BCUT2D eigenvalue weighted by molar-refractivity contribution is 5.78. The third kappa shape index (κ3) is 10.1. The number of aliphatic hydroxyl groups excluding tert-OH is 3. The molecule has 0 radical (unpaired) electrons. The molecule has 15 heteroatoms.